The molecule has 0 atom stereocenters. The molecule has 0 fully saturated rings. The Morgan fingerprint density at radius 3 is 2.50 bits per heavy atom. The molecule has 1 heterocycles. The Hall–Kier alpha value is -3.25. The van der Waals surface area contributed by atoms with Crippen LogP contribution in [0.1, 0.15) is 16.2 Å². The standard InChI is InChI=1S/C22H17BrN4O/c1-15-7-5-8-16(13-15)21-25-20(26-27(21)19-11-3-2-4-12-19)22(28)24-18-10-6-9-17(23)14-18/h2-14H,1H3,(H,24,28). The van der Waals surface area contributed by atoms with Crippen LogP contribution < -0.4 is 5.32 Å². The van der Waals surface area contributed by atoms with E-state index in [1.807, 2.05) is 85.8 Å². The van der Waals surface area contributed by atoms with Crippen LogP contribution in [0, 0.1) is 6.92 Å². The van der Waals surface area contributed by atoms with E-state index >= 15 is 0 Å². The second-order valence-corrected chi connectivity index (χ2v) is 7.26. The first-order valence-electron chi connectivity index (χ1n) is 8.76. The van der Waals surface area contributed by atoms with Crippen LogP contribution in [0.15, 0.2) is 83.3 Å². The molecule has 3 aromatic carbocycles. The van der Waals surface area contributed by atoms with Gasteiger partial charge in [0.25, 0.3) is 5.91 Å². The summed E-state index contributed by atoms with van der Waals surface area (Å²) in [7, 11) is 0. The molecule has 0 bridgehead atoms. The van der Waals surface area contributed by atoms with Crippen molar-refractivity contribution in [2.24, 2.45) is 0 Å². The van der Waals surface area contributed by atoms with Crippen molar-refractivity contribution in [3.8, 4) is 17.1 Å². The molecular formula is C22H17BrN4O. The minimum Gasteiger partial charge on any atom is -0.319 e. The summed E-state index contributed by atoms with van der Waals surface area (Å²) in [5.74, 6) is 0.372. The van der Waals surface area contributed by atoms with Crippen LogP contribution in [-0.4, -0.2) is 20.7 Å². The van der Waals surface area contributed by atoms with Crippen LogP contribution >= 0.6 is 15.9 Å². The van der Waals surface area contributed by atoms with Gasteiger partial charge in [-0.05, 0) is 43.3 Å². The Morgan fingerprint density at radius 1 is 0.964 bits per heavy atom. The van der Waals surface area contributed by atoms with Gasteiger partial charge >= 0.3 is 0 Å². The molecule has 4 rings (SSSR count). The normalized spacial score (nSPS) is 10.6. The van der Waals surface area contributed by atoms with Crippen molar-refractivity contribution in [1.82, 2.24) is 14.8 Å². The monoisotopic (exact) mass is 432 g/mol. The SMILES string of the molecule is Cc1cccc(-c2nc(C(=O)Nc3cccc(Br)c3)nn2-c2ccccc2)c1. The Kier molecular flexibility index (Phi) is 5.04. The number of anilines is 1. The predicted molar refractivity (Wildman–Crippen MR) is 114 cm³/mol. The third-order valence-corrected chi connectivity index (χ3v) is 4.66. The summed E-state index contributed by atoms with van der Waals surface area (Å²) in [6.45, 7) is 2.02. The molecule has 1 aromatic heterocycles. The van der Waals surface area contributed by atoms with Gasteiger partial charge in [0.05, 0.1) is 5.69 Å². The van der Waals surface area contributed by atoms with Gasteiger partial charge in [-0.25, -0.2) is 9.67 Å². The van der Waals surface area contributed by atoms with Crippen LogP contribution in [0.3, 0.4) is 0 Å². The summed E-state index contributed by atoms with van der Waals surface area (Å²) in [5, 5.41) is 7.33. The summed E-state index contributed by atoms with van der Waals surface area (Å²) in [6.07, 6.45) is 0. The van der Waals surface area contributed by atoms with Gasteiger partial charge in [-0.1, -0.05) is 64.0 Å². The predicted octanol–water partition coefficient (Wildman–Crippen LogP) is 5.26. The third kappa shape index (κ3) is 3.87. The molecule has 0 saturated heterocycles. The number of hydrogen-bond donors (Lipinski definition) is 1. The molecule has 28 heavy (non-hydrogen) atoms. The minimum absolute atomic E-state index is 0.111. The maximum absolute atomic E-state index is 12.8. The first kappa shape index (κ1) is 18.1. The van der Waals surface area contributed by atoms with Crippen molar-refractivity contribution in [2.45, 2.75) is 6.92 Å². The van der Waals surface area contributed by atoms with Gasteiger partial charge in [-0.15, -0.1) is 5.10 Å². The average molecular weight is 433 g/mol. The van der Waals surface area contributed by atoms with Gasteiger partial charge in [-0.3, -0.25) is 4.79 Å². The number of hydrogen-bond acceptors (Lipinski definition) is 3. The summed E-state index contributed by atoms with van der Waals surface area (Å²) in [4.78, 5) is 17.3. The molecule has 4 aromatic rings. The van der Waals surface area contributed by atoms with Gasteiger partial charge in [0.15, 0.2) is 5.82 Å². The number of carbonyl (C=O) groups is 1. The Balaban J connectivity index is 1.76. The molecule has 5 nitrogen and oxygen atoms in total. The van der Waals surface area contributed by atoms with E-state index in [0.717, 1.165) is 21.3 Å². The van der Waals surface area contributed by atoms with E-state index in [1.165, 1.54) is 0 Å². The quantitative estimate of drug-likeness (QED) is 0.478. The molecule has 0 radical (unpaired) electrons. The van der Waals surface area contributed by atoms with E-state index in [0.29, 0.717) is 11.5 Å². The molecule has 0 aliphatic rings. The van der Waals surface area contributed by atoms with Gasteiger partial charge < -0.3 is 5.32 Å². The molecule has 0 spiro atoms. The minimum atomic E-state index is -0.360. The zero-order chi connectivity index (χ0) is 19.5. The van der Waals surface area contributed by atoms with E-state index in [9.17, 15) is 4.79 Å². The van der Waals surface area contributed by atoms with E-state index in [1.54, 1.807) is 4.68 Å². The van der Waals surface area contributed by atoms with E-state index < -0.39 is 0 Å². The van der Waals surface area contributed by atoms with Gasteiger partial charge in [0.1, 0.15) is 0 Å². The summed E-state index contributed by atoms with van der Waals surface area (Å²) >= 11 is 3.41. The van der Waals surface area contributed by atoms with Crippen LogP contribution in [0.25, 0.3) is 17.1 Å². The lowest BCUT2D eigenvalue weighted by Gasteiger charge is -2.06. The van der Waals surface area contributed by atoms with Crippen molar-refractivity contribution in [3.05, 3.63) is 94.7 Å². The fraction of sp³-hybridized carbons (Fsp3) is 0.0455. The van der Waals surface area contributed by atoms with Crippen molar-refractivity contribution < 1.29 is 4.79 Å². The van der Waals surface area contributed by atoms with Crippen LogP contribution in [-0.2, 0) is 0 Å². The highest BCUT2D eigenvalue weighted by Gasteiger charge is 2.19. The Morgan fingerprint density at radius 2 is 1.75 bits per heavy atom. The number of amides is 1. The van der Waals surface area contributed by atoms with E-state index in [-0.39, 0.29) is 11.7 Å². The topological polar surface area (TPSA) is 59.8 Å². The lowest BCUT2D eigenvalue weighted by atomic mass is 10.1. The maximum Gasteiger partial charge on any atom is 0.295 e. The number of nitrogens with zero attached hydrogens (tertiary/aromatic N) is 3. The molecule has 0 aliphatic carbocycles. The van der Waals surface area contributed by atoms with Crippen molar-refractivity contribution >= 4 is 27.5 Å². The maximum atomic E-state index is 12.8. The molecule has 0 unspecified atom stereocenters. The number of nitrogens with one attached hydrogen (secondary N) is 1. The van der Waals surface area contributed by atoms with Crippen molar-refractivity contribution in [1.29, 1.82) is 0 Å². The average Bonchev–Trinajstić information content (AvgIpc) is 3.14. The van der Waals surface area contributed by atoms with Gasteiger partial charge in [0, 0.05) is 15.7 Å². The van der Waals surface area contributed by atoms with Crippen molar-refractivity contribution in [3.63, 3.8) is 0 Å². The van der Waals surface area contributed by atoms with Crippen molar-refractivity contribution in [2.75, 3.05) is 5.32 Å². The molecule has 0 saturated carbocycles. The smallest absolute Gasteiger partial charge is 0.295 e. The highest BCUT2D eigenvalue weighted by molar-refractivity contribution is 9.10. The molecule has 6 heteroatoms. The zero-order valence-corrected chi connectivity index (χ0v) is 16.7. The molecular weight excluding hydrogens is 416 g/mol. The van der Waals surface area contributed by atoms with Gasteiger partial charge in [-0.2, -0.15) is 0 Å². The second-order valence-electron chi connectivity index (χ2n) is 6.34. The highest BCUT2D eigenvalue weighted by Crippen LogP contribution is 2.23. The lowest BCUT2D eigenvalue weighted by molar-refractivity contribution is 0.101. The first-order valence-corrected chi connectivity index (χ1v) is 9.56. The fourth-order valence-corrected chi connectivity index (χ4v) is 3.28. The molecule has 0 aliphatic heterocycles. The molecule has 1 amide bonds. The largest absolute Gasteiger partial charge is 0.319 e. The van der Waals surface area contributed by atoms with Crippen LogP contribution in [0.4, 0.5) is 5.69 Å². The summed E-state index contributed by atoms with van der Waals surface area (Å²) in [6, 6.07) is 25.0. The number of para-hydroxylation sites is 1. The van der Waals surface area contributed by atoms with E-state index in [4.69, 9.17) is 0 Å². The number of halogens is 1. The molecule has 1 N–H and O–H groups in total. The number of aryl methyl sites for hydroxylation is 1. The second kappa shape index (κ2) is 7.78. The molecule has 138 valence electrons. The van der Waals surface area contributed by atoms with E-state index in [2.05, 4.69) is 31.3 Å². The highest BCUT2D eigenvalue weighted by atomic mass is 79.9. The third-order valence-electron chi connectivity index (χ3n) is 4.17. The summed E-state index contributed by atoms with van der Waals surface area (Å²) in [5.41, 5.74) is 3.53. The van der Waals surface area contributed by atoms with Crippen LogP contribution in [0.5, 0.6) is 0 Å². The number of benzene rings is 3. The number of rotatable bonds is 4. The number of carbonyl (C=O) groups excluding carboxylic acids is 1. The fourth-order valence-electron chi connectivity index (χ4n) is 2.88. The Bertz CT molecular complexity index is 1140. The summed E-state index contributed by atoms with van der Waals surface area (Å²) < 4.78 is 2.58. The first-order chi connectivity index (χ1) is 13.6. The van der Waals surface area contributed by atoms with Gasteiger partial charge in [0.2, 0.25) is 5.82 Å². The lowest BCUT2D eigenvalue weighted by Crippen LogP contribution is -2.14. The number of aromatic nitrogens is 3. The Labute approximate surface area is 171 Å². The zero-order valence-electron chi connectivity index (χ0n) is 15.1. The van der Waals surface area contributed by atoms with Crippen LogP contribution in [0.2, 0.25) is 0 Å².